The van der Waals surface area contributed by atoms with Crippen molar-refractivity contribution in [2.45, 2.75) is 152 Å². The number of nitrogens with zero attached hydrogens (tertiary/aromatic N) is 9. The van der Waals surface area contributed by atoms with Crippen LogP contribution < -0.4 is 81.0 Å². The number of anilines is 3. The maximum absolute atomic E-state index is 11.4. The Morgan fingerprint density at radius 2 is 0.879 bits per heavy atom. The number of thioether (sulfide) groups is 1. The first-order valence-electron chi connectivity index (χ1n) is 44.5. The van der Waals surface area contributed by atoms with Gasteiger partial charge in [-0.05, 0) is 262 Å². The number of fused-ring (bicyclic) bond motifs is 7. The number of nitro groups is 1. The average molecular weight is 2110 g/mol. The minimum atomic E-state index is -0.392. The number of nitrogens with two attached hydrogens (primary N) is 6. The van der Waals surface area contributed by atoms with Gasteiger partial charge in [0.15, 0.2) is 5.16 Å². The van der Waals surface area contributed by atoms with Gasteiger partial charge in [-0.3, -0.25) is 28.8 Å². The Kier molecular flexibility index (Phi) is 48.1. The van der Waals surface area contributed by atoms with Crippen molar-refractivity contribution in [3.8, 4) is 11.4 Å². The number of aromatic amines is 1. The van der Waals surface area contributed by atoms with E-state index >= 15 is 0 Å². The number of aromatic nitrogens is 6. The third kappa shape index (κ3) is 32.6. The van der Waals surface area contributed by atoms with Crippen LogP contribution in [-0.2, 0) is 19.1 Å². The monoisotopic (exact) mass is 2100 g/mol. The van der Waals surface area contributed by atoms with Crippen molar-refractivity contribution in [3.63, 3.8) is 0 Å². The number of thiocarbonyl (C=S) groups is 1. The summed E-state index contributed by atoms with van der Waals surface area (Å²) in [6, 6.07) is 91.6. The maximum atomic E-state index is 11.4. The first kappa shape index (κ1) is 116. The fraction of sp³-hybridized carbons (Fsp3) is 0.262. The molecule has 0 atom stereocenters. The van der Waals surface area contributed by atoms with Crippen LogP contribution >= 0.6 is 63.7 Å². The molecule has 14 N–H and O–H groups in total. The van der Waals surface area contributed by atoms with Crippen LogP contribution in [-0.4, -0.2) is 118 Å². The molecule has 0 amide bonds. The van der Waals surface area contributed by atoms with Crippen LogP contribution in [0.3, 0.4) is 0 Å². The molecule has 2 aromatic heterocycles. The molecule has 33 heteroatoms. The van der Waals surface area contributed by atoms with Crippen LogP contribution in [0.5, 0.6) is 0 Å². The van der Waals surface area contributed by atoms with Gasteiger partial charge in [0.05, 0.1) is 52.5 Å². The van der Waals surface area contributed by atoms with Gasteiger partial charge in [-0.25, -0.2) is 17.9 Å². The van der Waals surface area contributed by atoms with E-state index in [0.29, 0.717) is 39.6 Å². The third-order valence-electron chi connectivity index (χ3n) is 22.9. The number of hydrogen-bond donors (Lipinski definition) is 8. The van der Waals surface area contributed by atoms with Gasteiger partial charge < -0.3 is 82.6 Å². The van der Waals surface area contributed by atoms with Crippen molar-refractivity contribution >= 4 is 214 Å². The van der Waals surface area contributed by atoms with Crippen molar-refractivity contribution in [1.82, 2.24) is 29.5 Å². The fourth-order valence-electron chi connectivity index (χ4n) is 15.6. The molecule has 140 heavy (non-hydrogen) atoms. The maximum Gasteiger partial charge on any atom is 2.00 e. The largest absolute Gasteiger partial charge is 2.00 e. The van der Waals surface area contributed by atoms with Crippen molar-refractivity contribution in [2.24, 2.45) is 32.7 Å². The number of nitrogen functional groups attached to an aromatic ring is 3. The van der Waals surface area contributed by atoms with Crippen molar-refractivity contribution < 1.29 is 75.6 Å². The second-order valence-electron chi connectivity index (χ2n) is 32.6. The van der Waals surface area contributed by atoms with Crippen LogP contribution in [0.2, 0.25) is 0 Å². The Labute approximate surface area is 893 Å². The number of ether oxygens (including phenoxy) is 2. The summed E-state index contributed by atoms with van der Waals surface area (Å²) in [5.41, 5.74) is 39.8. The van der Waals surface area contributed by atoms with Gasteiger partial charge in [-0.15, -0.1) is 37.3 Å². The summed E-state index contributed by atoms with van der Waals surface area (Å²) >= 11 is 19.7. The summed E-state index contributed by atoms with van der Waals surface area (Å²) in [6.45, 7) is 1.93. The number of halogens is 3. The molecule has 7 aliphatic rings. The van der Waals surface area contributed by atoms with Crippen molar-refractivity contribution in [3.05, 3.63) is 336 Å². The molecule has 25 nitrogen and oxygen atoms in total. The minimum absolute atomic E-state index is 0. The molecular formula is C107H116Br2ClMgN16NaO9S3. The number of methoxy groups -OCH3 is 2. The molecule has 2 heterocycles. The van der Waals surface area contributed by atoms with E-state index in [1.54, 1.807) is 27.7 Å². The van der Waals surface area contributed by atoms with Crippen molar-refractivity contribution in [2.75, 3.05) is 49.7 Å². The number of benzene rings is 14. The van der Waals surface area contributed by atoms with Gasteiger partial charge in [-0.1, -0.05) is 267 Å². The van der Waals surface area contributed by atoms with Gasteiger partial charge in [0, 0.05) is 44.4 Å². The number of carbonyl (C=O) groups excluding carboxylic acids is 2. The number of nitrogens with one attached hydrogen (secondary N) is 1. The van der Waals surface area contributed by atoms with Crippen LogP contribution in [0.4, 0.5) is 29.0 Å². The molecule has 23 rings (SSSR count). The van der Waals surface area contributed by atoms with Crippen LogP contribution in [0.25, 0.3) is 86.8 Å². The second kappa shape index (κ2) is 58.2. The van der Waals surface area contributed by atoms with E-state index < -0.39 is 5.97 Å². The molecule has 7 fully saturated rings. The number of aliphatic hydroxyl groups is 1. The summed E-state index contributed by atoms with van der Waals surface area (Å²) in [4.78, 5) is 44.0. The number of nitro benzene ring substituents is 1. The Morgan fingerprint density at radius 3 is 1.27 bits per heavy atom. The SMILES string of the molecule is Brc1cccc2ccccc12.C.C.CCO.COC(=O)CCl.COC(=O)CSc1nnc(N)n1-c1ccc(C2CC2)c2ccccc12.NN=C(N)N.Nc1ccc(C2CC2)c2ccccc12.Nc1n[nH]c(=S)n1-c1ccc(C2CC2)c2ccccc12.O=N[O-].O=[N+]([O-])c1ccc(C2CC2)c2ccccc12.S=C=Nc1ccc(C2CC2)c2ccccc12.[Br-].[CH-]1CC1.[Mg+2].[Na+].c1ccc2c(C3CC3)cccc2c1. The Bertz CT molecular complexity index is 6840. The predicted octanol–water partition coefficient (Wildman–Crippen LogP) is 20.0. The number of isothiocyanates is 1. The van der Waals surface area contributed by atoms with E-state index in [4.69, 9.17) is 72.4 Å². The number of carbonyl (C=O) groups is 2. The van der Waals surface area contributed by atoms with Crippen LogP contribution in [0, 0.1) is 31.4 Å². The molecule has 0 saturated heterocycles. The van der Waals surface area contributed by atoms with E-state index in [-0.39, 0.29) is 125 Å². The number of rotatable bonds is 14. The number of non-ortho nitro benzene ring substituents is 1. The number of H-pyrrole nitrogens is 1. The van der Waals surface area contributed by atoms with E-state index in [1.165, 1.54) is 203 Å². The van der Waals surface area contributed by atoms with Gasteiger partial charge >= 0.3 is 64.5 Å². The number of alkyl halides is 1. The smallest absolute Gasteiger partial charge is 1.00 e. The Balaban J connectivity index is 0.000000216. The molecule has 720 valence electrons. The second-order valence-corrected chi connectivity index (χ2v) is 35.2. The molecule has 0 spiro atoms. The normalized spacial score (nSPS) is 13.2. The van der Waals surface area contributed by atoms with Crippen LogP contribution in [0.15, 0.2) is 292 Å². The molecule has 0 aliphatic heterocycles. The number of esters is 2. The Hall–Kier alpha value is -11.3. The molecule has 7 saturated carbocycles. The topological polar surface area (TPSA) is 414 Å². The van der Waals surface area contributed by atoms with E-state index in [9.17, 15) is 19.7 Å². The molecular weight excluding hydrogens is 1990 g/mol. The van der Waals surface area contributed by atoms with E-state index in [2.05, 4.69) is 275 Å². The number of hydrazone groups is 1. The minimum Gasteiger partial charge on any atom is -1.00 e. The zero-order valence-electron chi connectivity index (χ0n) is 77.2. The standard InChI is InChI=1S/C18H18N4O2S.C15H14N4S.C14H11NS.C13H11NO2.C13H13N.C13H12.C10H7Br.C3H5ClO2.C3H5.C2H6O.CH6N4.2CH4.BrH.Mg.HNO2.Na/c1-24-16(23)10-25-18-21-20-17(19)22(18)15-9-8-12(11-6-7-11)13-4-2-3-5-14(13)15;16-14-17-18-15(20)19(14)13-8-7-10(9-5-6-9)11-3-1-2-4-12(11)13;16-9-15-14-8-7-11(10-5-6-10)12-3-1-2-4-13(12)14;15-14(16)13-8-7-10(9-5-6-9)11-3-1-2-4-12(11)13;14-13-8-7-10(9-5-6-9)11-3-1-2-4-12(11)13;1-2-6-12-10(4-1)5-3-7-13(12)11-8-9-11;11-10-7-3-5-8-4-1-2-6-9(8)10;1-6-3(5)2-4;1-2-3-1;1-2-3;2-1(3)5-4;;;;;2-1-3;/h2-5,8-9,11H,6-7,10H2,1H3,(H2,19,20);1-4,7-9H,5-6H2,(H2,16,17)(H,18,20);1-4,7-8,10H,5-6H2;1-4,7-9H,5-6H2;1-4,7-9H,5-6,14H2;1-7,11H,8-9H2;1-7H;2H2,1H3;1H,2-3H2;3H,2H2,1H3;4H2,(H4,2,3,5);2*1H4;1H;;(H,2,3);/q;;;;;;;;-1;;;;;;+2;;+1/p-2. The predicted molar refractivity (Wildman–Crippen MR) is 579 cm³/mol. The summed E-state index contributed by atoms with van der Waals surface area (Å²) in [5.74, 6) is 8.89. The number of guanidine groups is 1. The average Bonchev–Trinajstić information content (AvgIpc) is 1.48. The molecule has 14 aromatic carbocycles. The summed E-state index contributed by atoms with van der Waals surface area (Å²) < 4.78 is 14.1. The van der Waals surface area contributed by atoms with Gasteiger partial charge in [0.2, 0.25) is 22.6 Å². The number of hydrogen-bond acceptors (Lipinski definition) is 22. The molecule has 0 unspecified atom stereocenters. The molecule has 0 radical (unpaired) electrons. The third-order valence-corrected chi connectivity index (χ3v) is 25.1. The first-order chi connectivity index (χ1) is 65.7. The van der Waals surface area contributed by atoms with Crippen molar-refractivity contribution in [1.29, 1.82) is 0 Å². The fourth-order valence-corrected chi connectivity index (χ4v) is 17.3. The summed E-state index contributed by atoms with van der Waals surface area (Å²) in [5, 5.41) is 65.3. The molecule has 16 aromatic rings. The molecule has 7 aliphatic carbocycles. The summed E-state index contributed by atoms with van der Waals surface area (Å²) in [7, 11) is 2.66. The Morgan fingerprint density at radius 1 is 0.536 bits per heavy atom. The summed E-state index contributed by atoms with van der Waals surface area (Å²) in [6.07, 6.45) is 20.6. The molecule has 0 bridgehead atoms. The van der Waals surface area contributed by atoms with E-state index in [1.807, 2.05) is 66.7 Å². The number of aliphatic hydroxyl groups excluding tert-OH is 1. The quantitative estimate of drug-likeness (QED) is 0.00400. The zero-order valence-corrected chi connectivity index (χ0v) is 87.0. The first-order valence-corrected chi connectivity index (χ1v) is 47.6. The van der Waals surface area contributed by atoms with Crippen LogP contribution in [0.1, 0.15) is 181 Å². The van der Waals surface area contributed by atoms with Gasteiger partial charge in [-0.2, -0.15) is 4.99 Å². The number of aliphatic imine (C=N–C) groups is 1. The van der Waals surface area contributed by atoms with Gasteiger partial charge in [0.25, 0.3) is 5.69 Å². The van der Waals surface area contributed by atoms with E-state index in [0.717, 1.165) is 66.5 Å². The zero-order chi connectivity index (χ0) is 95.9. The van der Waals surface area contributed by atoms with Gasteiger partial charge in [0.1, 0.15) is 5.88 Å².